The van der Waals surface area contributed by atoms with Crippen LogP contribution in [0.4, 0.5) is 0 Å². The van der Waals surface area contributed by atoms with Crippen LogP contribution in [0.1, 0.15) is 0 Å². The summed E-state index contributed by atoms with van der Waals surface area (Å²) in [4.78, 5) is 25.9. The van der Waals surface area contributed by atoms with Crippen LogP contribution in [0.2, 0.25) is 0 Å². The van der Waals surface area contributed by atoms with Gasteiger partial charge in [-0.3, -0.25) is 9.13 Å². The van der Waals surface area contributed by atoms with E-state index in [1.165, 1.54) is 10.8 Å². The number of aromatic nitrogens is 7. The molecule has 0 atom stereocenters. The summed E-state index contributed by atoms with van der Waals surface area (Å²) in [5.41, 5.74) is 11.1. The number of fused-ring (bicyclic) bond motifs is 4. The van der Waals surface area contributed by atoms with Crippen LogP contribution in [0.3, 0.4) is 0 Å². The molecule has 0 saturated heterocycles. The molecule has 9 aromatic carbocycles. The molecule has 4 heterocycles. The van der Waals surface area contributed by atoms with Crippen molar-refractivity contribution in [3.8, 4) is 57.1 Å². The van der Waals surface area contributed by atoms with Gasteiger partial charge >= 0.3 is 0 Å². The zero-order valence-corrected chi connectivity index (χ0v) is 33.2. The van der Waals surface area contributed by atoms with Gasteiger partial charge in [-0.2, -0.15) is 9.97 Å². The molecule has 288 valence electrons. The summed E-state index contributed by atoms with van der Waals surface area (Å²) in [6.45, 7) is 0. The lowest BCUT2D eigenvalue weighted by Gasteiger charge is -2.13. The van der Waals surface area contributed by atoms with Gasteiger partial charge in [0.25, 0.3) is 0 Å². The van der Waals surface area contributed by atoms with Crippen molar-refractivity contribution in [1.82, 2.24) is 34.1 Å². The van der Waals surface area contributed by atoms with E-state index in [2.05, 4.69) is 137 Å². The molecule has 0 aliphatic carbocycles. The number of hydrogen-bond acceptors (Lipinski definition) is 5. The van der Waals surface area contributed by atoms with E-state index in [9.17, 15) is 0 Å². The fourth-order valence-corrected chi connectivity index (χ4v) is 9.39. The fraction of sp³-hybridized carbons (Fsp3) is 0. The molecule has 0 N–H and O–H groups in total. The Hall–Kier alpha value is -8.55. The van der Waals surface area contributed by atoms with Crippen molar-refractivity contribution in [3.05, 3.63) is 200 Å². The molecule has 13 rings (SSSR count). The zero-order valence-electron chi connectivity index (χ0n) is 33.2. The summed E-state index contributed by atoms with van der Waals surface area (Å²) in [5.74, 6) is 2.46. The lowest BCUT2D eigenvalue weighted by atomic mass is 9.94. The van der Waals surface area contributed by atoms with Gasteiger partial charge in [0.15, 0.2) is 11.6 Å². The first-order valence-electron chi connectivity index (χ1n) is 20.8. The van der Waals surface area contributed by atoms with Gasteiger partial charge < -0.3 is 0 Å². The average molecular weight is 792 g/mol. The SMILES string of the molecule is c1ccc(-c2nc(-c3ccccc3)nc(-n3c4cccc5ccc6c(-c7ccc8c9ccccc9n(-c9nc(-c%10ccccc%10)c%10ccccc%10n9)c8c7)ccc3c6c54)n2)cc1. The van der Waals surface area contributed by atoms with Crippen LogP contribution in [-0.2, 0) is 0 Å². The molecule has 0 amide bonds. The third kappa shape index (κ3) is 5.22. The second-order valence-corrected chi connectivity index (χ2v) is 15.7. The minimum atomic E-state index is 0.576. The summed E-state index contributed by atoms with van der Waals surface area (Å²) in [5, 5.41) is 7.98. The van der Waals surface area contributed by atoms with E-state index >= 15 is 0 Å². The lowest BCUT2D eigenvalue weighted by molar-refractivity contribution is 0.954. The molecule has 0 unspecified atom stereocenters. The van der Waals surface area contributed by atoms with Gasteiger partial charge in [0.2, 0.25) is 11.9 Å². The fourth-order valence-electron chi connectivity index (χ4n) is 9.39. The van der Waals surface area contributed by atoms with Crippen LogP contribution in [0.25, 0.3) is 122 Å². The molecular formula is C55H33N7. The number of benzene rings is 9. The normalized spacial score (nSPS) is 11.9. The Morgan fingerprint density at radius 3 is 1.65 bits per heavy atom. The Balaban J connectivity index is 1.04. The van der Waals surface area contributed by atoms with Gasteiger partial charge in [-0.15, -0.1) is 0 Å². The highest BCUT2D eigenvalue weighted by molar-refractivity contribution is 6.26. The van der Waals surface area contributed by atoms with Gasteiger partial charge in [0.1, 0.15) is 0 Å². The molecule has 4 aromatic heterocycles. The molecule has 0 bridgehead atoms. The van der Waals surface area contributed by atoms with Gasteiger partial charge in [0.05, 0.1) is 33.3 Å². The quantitative estimate of drug-likeness (QED) is 0.157. The van der Waals surface area contributed by atoms with Crippen molar-refractivity contribution < 1.29 is 0 Å². The summed E-state index contributed by atoms with van der Waals surface area (Å²) < 4.78 is 4.43. The molecule has 0 spiro atoms. The Morgan fingerprint density at radius 1 is 0.306 bits per heavy atom. The summed E-state index contributed by atoms with van der Waals surface area (Å²) in [6.07, 6.45) is 0. The Labute approximate surface area is 355 Å². The van der Waals surface area contributed by atoms with Crippen molar-refractivity contribution in [1.29, 1.82) is 0 Å². The molecule has 0 aliphatic rings. The monoisotopic (exact) mass is 791 g/mol. The first kappa shape index (κ1) is 34.3. The maximum atomic E-state index is 5.34. The summed E-state index contributed by atoms with van der Waals surface area (Å²) in [6, 6.07) is 69.7. The zero-order chi connectivity index (χ0) is 40.7. The maximum Gasteiger partial charge on any atom is 0.238 e. The number of rotatable bonds is 6. The van der Waals surface area contributed by atoms with Crippen molar-refractivity contribution >= 4 is 65.3 Å². The van der Waals surface area contributed by atoms with Crippen molar-refractivity contribution in [3.63, 3.8) is 0 Å². The van der Waals surface area contributed by atoms with E-state index in [1.807, 2.05) is 72.8 Å². The van der Waals surface area contributed by atoms with E-state index in [-0.39, 0.29) is 0 Å². The Bertz CT molecular complexity index is 3800. The standard InChI is InChI=1S/C55H33N7/c1-4-15-35(16-5-1)51-43-23-10-12-24-44(43)56-54(57-51)61-45-25-13-11-22-40(45)41-29-28-38(33-48(41)61)39-31-32-47-50-42(39)30-27-34-21-14-26-46(49(34)50)62(47)55-59-52(36-17-6-2-7-18-36)58-53(60-55)37-19-8-3-9-20-37/h1-33H. The predicted octanol–water partition coefficient (Wildman–Crippen LogP) is 13.3. The molecule has 0 aliphatic heterocycles. The highest BCUT2D eigenvalue weighted by atomic mass is 15.2. The van der Waals surface area contributed by atoms with Crippen LogP contribution in [0.5, 0.6) is 0 Å². The second kappa shape index (κ2) is 13.5. The minimum Gasteiger partial charge on any atom is -0.278 e. The third-order valence-electron chi connectivity index (χ3n) is 12.2. The smallest absolute Gasteiger partial charge is 0.238 e. The first-order chi connectivity index (χ1) is 30.7. The van der Waals surface area contributed by atoms with Crippen LogP contribution in [-0.4, -0.2) is 34.1 Å². The van der Waals surface area contributed by atoms with Crippen molar-refractivity contribution in [2.24, 2.45) is 0 Å². The van der Waals surface area contributed by atoms with Gasteiger partial charge in [-0.25, -0.2) is 15.0 Å². The van der Waals surface area contributed by atoms with Gasteiger partial charge in [0, 0.05) is 43.6 Å². The maximum absolute atomic E-state index is 5.34. The predicted molar refractivity (Wildman–Crippen MR) is 252 cm³/mol. The highest BCUT2D eigenvalue weighted by Gasteiger charge is 2.23. The molecule has 0 fully saturated rings. The van der Waals surface area contributed by atoms with Crippen LogP contribution in [0, 0.1) is 0 Å². The molecule has 7 nitrogen and oxygen atoms in total. The number of hydrogen-bond donors (Lipinski definition) is 0. The third-order valence-corrected chi connectivity index (χ3v) is 12.2. The molecule has 0 radical (unpaired) electrons. The lowest BCUT2D eigenvalue weighted by Crippen LogP contribution is -2.06. The van der Waals surface area contributed by atoms with E-state index in [0.717, 1.165) is 88.0 Å². The minimum absolute atomic E-state index is 0.576. The molecular weight excluding hydrogens is 759 g/mol. The molecule has 0 saturated carbocycles. The number of para-hydroxylation sites is 2. The number of nitrogens with zero attached hydrogens (tertiary/aromatic N) is 7. The van der Waals surface area contributed by atoms with E-state index in [4.69, 9.17) is 24.9 Å². The molecule has 7 heteroatoms. The summed E-state index contributed by atoms with van der Waals surface area (Å²) >= 11 is 0. The largest absolute Gasteiger partial charge is 0.278 e. The van der Waals surface area contributed by atoms with E-state index in [0.29, 0.717) is 23.5 Å². The van der Waals surface area contributed by atoms with E-state index < -0.39 is 0 Å². The van der Waals surface area contributed by atoms with Crippen LogP contribution < -0.4 is 0 Å². The Kier molecular flexibility index (Phi) is 7.47. The summed E-state index contributed by atoms with van der Waals surface area (Å²) in [7, 11) is 0. The Morgan fingerprint density at radius 2 is 0.887 bits per heavy atom. The van der Waals surface area contributed by atoms with Gasteiger partial charge in [-0.05, 0) is 52.2 Å². The van der Waals surface area contributed by atoms with Crippen LogP contribution >= 0.6 is 0 Å². The molecule has 62 heavy (non-hydrogen) atoms. The topological polar surface area (TPSA) is 74.3 Å². The van der Waals surface area contributed by atoms with E-state index in [1.54, 1.807) is 0 Å². The van der Waals surface area contributed by atoms with Crippen LogP contribution in [0.15, 0.2) is 200 Å². The first-order valence-corrected chi connectivity index (χ1v) is 20.8. The highest BCUT2D eigenvalue weighted by Crippen LogP contribution is 2.44. The van der Waals surface area contributed by atoms with Crippen molar-refractivity contribution in [2.45, 2.75) is 0 Å². The van der Waals surface area contributed by atoms with Gasteiger partial charge in [-0.1, -0.05) is 170 Å². The van der Waals surface area contributed by atoms with Crippen molar-refractivity contribution in [2.75, 3.05) is 0 Å². The second-order valence-electron chi connectivity index (χ2n) is 15.7. The average Bonchev–Trinajstić information content (AvgIpc) is 3.87. The molecule has 13 aromatic rings.